The molecule has 1 N–H and O–H groups in total. The van der Waals surface area contributed by atoms with Gasteiger partial charge in [0.1, 0.15) is 10.6 Å². The number of sulfonamides is 1. The first kappa shape index (κ1) is 24.0. The normalized spacial score (nSPS) is 14.3. The molecule has 34 heavy (non-hydrogen) atoms. The average molecular weight is 479 g/mol. The lowest BCUT2D eigenvalue weighted by molar-refractivity contribution is 0.0952. The predicted molar refractivity (Wildman–Crippen MR) is 133 cm³/mol. The summed E-state index contributed by atoms with van der Waals surface area (Å²) in [7, 11) is -2.28. The van der Waals surface area contributed by atoms with Crippen molar-refractivity contribution in [1.29, 1.82) is 0 Å². The van der Waals surface area contributed by atoms with Crippen molar-refractivity contribution in [1.82, 2.24) is 9.62 Å². The van der Waals surface area contributed by atoms with E-state index in [1.807, 2.05) is 36.4 Å². The van der Waals surface area contributed by atoms with Gasteiger partial charge >= 0.3 is 0 Å². The van der Waals surface area contributed by atoms with E-state index in [9.17, 15) is 13.2 Å². The highest BCUT2D eigenvalue weighted by Crippen LogP contribution is 2.30. The highest BCUT2D eigenvalue weighted by molar-refractivity contribution is 7.89. The van der Waals surface area contributed by atoms with Gasteiger partial charge in [-0.1, -0.05) is 60.7 Å². The van der Waals surface area contributed by atoms with Gasteiger partial charge in [-0.2, -0.15) is 4.31 Å². The van der Waals surface area contributed by atoms with E-state index in [2.05, 4.69) is 29.6 Å². The van der Waals surface area contributed by atoms with Crippen molar-refractivity contribution in [3.05, 3.63) is 95.6 Å². The fraction of sp³-hybridized carbons (Fsp3) is 0.296. The highest BCUT2D eigenvalue weighted by atomic mass is 32.2. The molecule has 1 amide bonds. The van der Waals surface area contributed by atoms with Gasteiger partial charge in [-0.05, 0) is 48.6 Å². The lowest BCUT2D eigenvalue weighted by Crippen LogP contribution is -2.29. The third-order valence-corrected chi connectivity index (χ3v) is 8.15. The molecule has 1 heterocycles. The molecule has 1 aliphatic rings. The standard InChI is InChI=1S/C27H30N2O4S/c1-33-25-15-14-23(20-26(25)34(31,32)29-18-8-9-19-29)27(30)28-17-16-24(21-10-4-2-5-11-21)22-12-6-3-7-13-22/h2-7,10-15,20,24H,8-9,16-19H2,1H3,(H,28,30). The van der Waals surface area contributed by atoms with Crippen molar-refractivity contribution >= 4 is 15.9 Å². The van der Waals surface area contributed by atoms with Crippen molar-refractivity contribution in [2.75, 3.05) is 26.7 Å². The molecule has 1 fully saturated rings. The van der Waals surface area contributed by atoms with Crippen molar-refractivity contribution < 1.29 is 17.9 Å². The van der Waals surface area contributed by atoms with Gasteiger partial charge in [-0.25, -0.2) is 8.42 Å². The molecule has 0 aromatic heterocycles. The lowest BCUT2D eigenvalue weighted by Gasteiger charge is -2.19. The van der Waals surface area contributed by atoms with Gasteiger partial charge in [-0.3, -0.25) is 4.79 Å². The minimum absolute atomic E-state index is 0.0380. The summed E-state index contributed by atoms with van der Waals surface area (Å²) in [6.07, 6.45) is 2.40. The molecule has 0 radical (unpaired) electrons. The summed E-state index contributed by atoms with van der Waals surface area (Å²) in [6, 6.07) is 25.0. The Balaban J connectivity index is 1.49. The van der Waals surface area contributed by atoms with Crippen molar-refractivity contribution in [2.24, 2.45) is 0 Å². The van der Waals surface area contributed by atoms with E-state index in [4.69, 9.17) is 4.74 Å². The van der Waals surface area contributed by atoms with Gasteiger partial charge in [0, 0.05) is 31.1 Å². The van der Waals surface area contributed by atoms with E-state index in [0.29, 0.717) is 25.2 Å². The molecule has 1 aliphatic heterocycles. The summed E-state index contributed by atoms with van der Waals surface area (Å²) in [6.45, 7) is 1.43. The topological polar surface area (TPSA) is 75.7 Å². The molecule has 6 nitrogen and oxygen atoms in total. The maximum Gasteiger partial charge on any atom is 0.251 e. The van der Waals surface area contributed by atoms with Crippen LogP contribution >= 0.6 is 0 Å². The van der Waals surface area contributed by atoms with Crippen LogP contribution in [0.2, 0.25) is 0 Å². The number of carbonyl (C=O) groups is 1. The zero-order valence-corrected chi connectivity index (χ0v) is 20.1. The fourth-order valence-corrected chi connectivity index (χ4v) is 6.11. The number of ether oxygens (including phenoxy) is 1. The van der Waals surface area contributed by atoms with Crippen molar-refractivity contribution in [2.45, 2.75) is 30.1 Å². The van der Waals surface area contributed by atoms with Gasteiger partial charge in [0.2, 0.25) is 10.0 Å². The maximum atomic E-state index is 13.1. The Morgan fingerprint density at radius 3 is 2.09 bits per heavy atom. The Hall–Kier alpha value is -3.16. The van der Waals surface area contributed by atoms with E-state index in [1.54, 1.807) is 12.1 Å². The second kappa shape index (κ2) is 10.8. The van der Waals surface area contributed by atoms with Gasteiger partial charge in [0.25, 0.3) is 5.91 Å². The third-order valence-electron chi connectivity index (χ3n) is 6.23. The zero-order valence-electron chi connectivity index (χ0n) is 19.3. The van der Waals surface area contributed by atoms with Crippen LogP contribution in [0.5, 0.6) is 5.75 Å². The molecule has 0 aliphatic carbocycles. The van der Waals surface area contributed by atoms with Gasteiger partial charge in [0.05, 0.1) is 7.11 Å². The largest absolute Gasteiger partial charge is 0.495 e. The minimum atomic E-state index is -3.72. The zero-order chi connectivity index (χ0) is 24.0. The maximum absolute atomic E-state index is 13.1. The number of rotatable bonds is 9. The summed E-state index contributed by atoms with van der Waals surface area (Å²) in [5.41, 5.74) is 2.67. The molecule has 3 aromatic carbocycles. The number of hydrogen-bond acceptors (Lipinski definition) is 4. The van der Waals surface area contributed by atoms with Gasteiger partial charge in [-0.15, -0.1) is 0 Å². The Kier molecular flexibility index (Phi) is 7.65. The quantitative estimate of drug-likeness (QED) is 0.494. The Labute approximate surface area is 201 Å². The van der Waals surface area contributed by atoms with Crippen LogP contribution in [-0.2, 0) is 10.0 Å². The first-order valence-corrected chi connectivity index (χ1v) is 13.0. The molecule has 0 atom stereocenters. The van der Waals surface area contributed by atoms with Crippen LogP contribution in [0.4, 0.5) is 0 Å². The number of nitrogens with one attached hydrogen (secondary N) is 1. The lowest BCUT2D eigenvalue weighted by atomic mass is 9.88. The SMILES string of the molecule is COc1ccc(C(=O)NCCC(c2ccccc2)c2ccccc2)cc1S(=O)(=O)N1CCCC1. The van der Waals surface area contributed by atoms with E-state index >= 15 is 0 Å². The van der Waals surface area contributed by atoms with Crippen LogP contribution in [0.15, 0.2) is 83.8 Å². The van der Waals surface area contributed by atoms with Crippen LogP contribution in [0.25, 0.3) is 0 Å². The smallest absolute Gasteiger partial charge is 0.251 e. The molecule has 178 valence electrons. The first-order chi connectivity index (χ1) is 16.5. The summed E-state index contributed by atoms with van der Waals surface area (Å²) in [5.74, 6) is 0.0849. The molecule has 3 aromatic rings. The summed E-state index contributed by atoms with van der Waals surface area (Å²) in [4.78, 5) is 13.0. The van der Waals surface area contributed by atoms with Crippen LogP contribution in [0.3, 0.4) is 0 Å². The van der Waals surface area contributed by atoms with E-state index in [1.165, 1.54) is 28.6 Å². The van der Waals surface area contributed by atoms with E-state index in [0.717, 1.165) is 19.3 Å². The average Bonchev–Trinajstić information content (AvgIpc) is 3.43. The number of benzene rings is 3. The second-order valence-electron chi connectivity index (χ2n) is 8.40. The summed E-state index contributed by atoms with van der Waals surface area (Å²) >= 11 is 0. The number of nitrogens with zero attached hydrogens (tertiary/aromatic N) is 1. The van der Waals surface area contributed by atoms with Crippen molar-refractivity contribution in [3.8, 4) is 5.75 Å². The van der Waals surface area contributed by atoms with E-state index in [-0.39, 0.29) is 22.5 Å². The van der Waals surface area contributed by atoms with Crippen LogP contribution in [-0.4, -0.2) is 45.4 Å². The number of carbonyl (C=O) groups excluding carboxylic acids is 1. The molecule has 4 rings (SSSR count). The summed E-state index contributed by atoms with van der Waals surface area (Å²) in [5, 5.41) is 2.97. The summed E-state index contributed by atoms with van der Waals surface area (Å²) < 4.78 is 33.0. The first-order valence-electron chi connectivity index (χ1n) is 11.6. The third kappa shape index (κ3) is 5.32. The molecule has 1 saturated heterocycles. The van der Waals surface area contributed by atoms with Crippen LogP contribution in [0.1, 0.15) is 46.7 Å². The molecule has 0 spiro atoms. The van der Waals surface area contributed by atoms with Crippen molar-refractivity contribution in [3.63, 3.8) is 0 Å². The Morgan fingerprint density at radius 2 is 1.53 bits per heavy atom. The molecular formula is C27H30N2O4S. The van der Waals surface area contributed by atoms with Gasteiger partial charge < -0.3 is 10.1 Å². The second-order valence-corrected chi connectivity index (χ2v) is 10.3. The van der Waals surface area contributed by atoms with Gasteiger partial charge in [0.15, 0.2) is 0 Å². The monoisotopic (exact) mass is 478 g/mol. The fourth-order valence-electron chi connectivity index (χ4n) is 4.42. The van der Waals surface area contributed by atoms with Crippen LogP contribution in [0, 0.1) is 0 Å². The number of hydrogen-bond donors (Lipinski definition) is 1. The molecule has 7 heteroatoms. The molecular weight excluding hydrogens is 448 g/mol. The van der Waals surface area contributed by atoms with E-state index < -0.39 is 10.0 Å². The predicted octanol–water partition coefficient (Wildman–Crippen LogP) is 4.43. The highest BCUT2D eigenvalue weighted by Gasteiger charge is 2.30. The molecule has 0 saturated carbocycles. The molecule has 0 unspecified atom stereocenters. The minimum Gasteiger partial charge on any atom is -0.495 e. The molecule has 0 bridgehead atoms. The number of amides is 1. The number of methoxy groups -OCH3 is 1. The van der Waals surface area contributed by atoms with Crippen LogP contribution < -0.4 is 10.1 Å². The Bertz CT molecular complexity index is 1170. The Morgan fingerprint density at radius 1 is 0.941 bits per heavy atom.